The highest BCUT2D eigenvalue weighted by molar-refractivity contribution is 7.18. The highest BCUT2D eigenvalue weighted by atomic mass is 32.1. The molecule has 10 nitrogen and oxygen atoms in total. The number of hydrogen-bond acceptors (Lipinski definition) is 8. The molecule has 0 atom stereocenters. The molecule has 2 aromatic heterocycles. The quantitative estimate of drug-likeness (QED) is 0.648. The summed E-state index contributed by atoms with van der Waals surface area (Å²) >= 11 is 0.844. The van der Waals surface area contributed by atoms with Gasteiger partial charge < -0.3 is 19.9 Å². The van der Waals surface area contributed by atoms with Crippen molar-refractivity contribution in [1.29, 1.82) is 0 Å². The number of carbonyl (C=O) groups is 4. The topological polar surface area (TPSA) is 137 Å². The first-order valence-corrected chi connectivity index (χ1v) is 9.48. The number of aryl methyl sites for hydroxylation is 1. The van der Waals surface area contributed by atoms with Gasteiger partial charge in [0.25, 0.3) is 5.91 Å². The highest BCUT2D eigenvalue weighted by Gasteiger charge is 2.29. The van der Waals surface area contributed by atoms with E-state index < -0.39 is 29.9 Å². The number of esters is 2. The molecule has 0 aliphatic heterocycles. The smallest absolute Gasteiger partial charge is 0.348 e. The lowest BCUT2D eigenvalue weighted by Crippen LogP contribution is -2.19. The van der Waals surface area contributed by atoms with Gasteiger partial charge in [-0.2, -0.15) is 5.10 Å². The Bertz CT molecular complexity index is 975. The van der Waals surface area contributed by atoms with Crippen LogP contribution in [0.3, 0.4) is 0 Å². The number of ether oxygens (including phenoxy) is 2. The second-order valence-corrected chi connectivity index (χ2v) is 7.28. The summed E-state index contributed by atoms with van der Waals surface area (Å²) in [6.07, 6.45) is 0.764. The average molecular weight is 423 g/mol. The minimum Gasteiger partial charge on any atom is -0.478 e. The third-order valence-corrected chi connectivity index (χ3v) is 4.84. The molecule has 2 heterocycles. The van der Waals surface area contributed by atoms with Crippen LogP contribution < -0.4 is 5.32 Å². The molecule has 0 bridgehead atoms. The van der Waals surface area contributed by atoms with Crippen molar-refractivity contribution in [2.45, 2.75) is 33.8 Å². The van der Waals surface area contributed by atoms with Crippen LogP contribution >= 0.6 is 11.3 Å². The van der Waals surface area contributed by atoms with E-state index in [1.165, 1.54) is 17.9 Å². The van der Waals surface area contributed by atoms with Crippen molar-refractivity contribution >= 4 is 40.2 Å². The summed E-state index contributed by atoms with van der Waals surface area (Å²) in [5.41, 5.74) is -0.316. The number of anilines is 1. The number of aromatic nitrogens is 2. The highest BCUT2D eigenvalue weighted by Crippen LogP contribution is 2.35. The number of carboxylic acid groups (broad SMARTS) is 1. The van der Waals surface area contributed by atoms with Gasteiger partial charge in [-0.1, -0.05) is 0 Å². The Balaban J connectivity index is 2.49. The van der Waals surface area contributed by atoms with Crippen LogP contribution in [0, 0.1) is 6.92 Å². The fraction of sp³-hybridized carbons (Fsp3) is 0.389. The number of amides is 1. The number of rotatable bonds is 7. The van der Waals surface area contributed by atoms with Crippen LogP contribution in [0.5, 0.6) is 0 Å². The molecule has 0 spiro atoms. The molecule has 0 aliphatic carbocycles. The van der Waals surface area contributed by atoms with Crippen LogP contribution in [-0.4, -0.2) is 51.4 Å². The minimum atomic E-state index is -1.32. The molecule has 11 heteroatoms. The van der Waals surface area contributed by atoms with Crippen molar-refractivity contribution in [3.05, 3.63) is 33.5 Å². The molecule has 0 radical (unpaired) electrons. The monoisotopic (exact) mass is 423 g/mol. The van der Waals surface area contributed by atoms with E-state index in [1.807, 2.05) is 0 Å². The normalized spacial score (nSPS) is 10.7. The molecule has 0 unspecified atom stereocenters. The van der Waals surface area contributed by atoms with Crippen LogP contribution in [0.1, 0.15) is 67.2 Å². The minimum absolute atomic E-state index is 0.00732. The molecule has 2 aromatic rings. The molecule has 0 aromatic carbocycles. The van der Waals surface area contributed by atoms with Gasteiger partial charge in [0, 0.05) is 13.2 Å². The Morgan fingerprint density at radius 2 is 1.93 bits per heavy atom. The van der Waals surface area contributed by atoms with Crippen molar-refractivity contribution in [2.75, 3.05) is 11.9 Å². The molecule has 29 heavy (non-hydrogen) atoms. The maximum atomic E-state index is 12.7. The fourth-order valence-corrected chi connectivity index (χ4v) is 3.57. The first-order valence-electron chi connectivity index (χ1n) is 8.66. The van der Waals surface area contributed by atoms with Crippen LogP contribution in [0.4, 0.5) is 5.00 Å². The number of nitrogens with one attached hydrogen (secondary N) is 1. The number of thiophene rings is 1. The summed E-state index contributed by atoms with van der Waals surface area (Å²) in [6.45, 7) is 6.65. The van der Waals surface area contributed by atoms with Gasteiger partial charge in [-0.15, -0.1) is 11.3 Å². The molecular formula is C18H21N3O7S. The number of hydrogen-bond donors (Lipinski definition) is 2. The number of nitrogens with zero attached hydrogens (tertiary/aromatic N) is 2. The molecule has 0 fully saturated rings. The summed E-state index contributed by atoms with van der Waals surface area (Å²) in [5.74, 6) is -3.52. The zero-order valence-corrected chi connectivity index (χ0v) is 17.4. The van der Waals surface area contributed by atoms with Gasteiger partial charge in [0.1, 0.15) is 15.4 Å². The first kappa shape index (κ1) is 22.1. The fourth-order valence-electron chi connectivity index (χ4n) is 2.49. The molecular weight excluding hydrogens is 402 g/mol. The van der Waals surface area contributed by atoms with Gasteiger partial charge >= 0.3 is 17.9 Å². The van der Waals surface area contributed by atoms with Crippen molar-refractivity contribution < 1.29 is 33.8 Å². The van der Waals surface area contributed by atoms with Crippen molar-refractivity contribution in [3.8, 4) is 0 Å². The predicted octanol–water partition coefficient (Wildman–Crippen LogP) is 2.48. The van der Waals surface area contributed by atoms with Crippen molar-refractivity contribution in [2.24, 2.45) is 7.05 Å². The Morgan fingerprint density at radius 1 is 1.28 bits per heavy atom. The van der Waals surface area contributed by atoms with E-state index in [4.69, 9.17) is 9.47 Å². The molecule has 1 amide bonds. The van der Waals surface area contributed by atoms with Gasteiger partial charge in [-0.05, 0) is 33.3 Å². The Morgan fingerprint density at radius 3 is 2.48 bits per heavy atom. The number of carboxylic acids is 1. The maximum absolute atomic E-state index is 12.7. The summed E-state index contributed by atoms with van der Waals surface area (Å²) in [5, 5.41) is 15.6. The summed E-state index contributed by atoms with van der Waals surface area (Å²) in [4.78, 5) is 48.9. The van der Waals surface area contributed by atoms with E-state index in [1.54, 1.807) is 27.7 Å². The average Bonchev–Trinajstić information content (AvgIpc) is 3.15. The maximum Gasteiger partial charge on any atom is 0.348 e. The number of carbonyl (C=O) groups excluding carboxylic acids is 3. The van der Waals surface area contributed by atoms with Gasteiger partial charge in [-0.3, -0.25) is 9.48 Å². The first-order chi connectivity index (χ1) is 13.6. The molecule has 2 rings (SSSR count). The zero-order chi connectivity index (χ0) is 21.9. The summed E-state index contributed by atoms with van der Waals surface area (Å²) < 4.78 is 11.4. The van der Waals surface area contributed by atoms with E-state index in [2.05, 4.69) is 10.4 Å². The van der Waals surface area contributed by atoms with Crippen LogP contribution in [-0.2, 0) is 16.5 Å². The molecule has 156 valence electrons. The van der Waals surface area contributed by atoms with Crippen molar-refractivity contribution in [3.63, 3.8) is 0 Å². The molecule has 2 N–H and O–H groups in total. The van der Waals surface area contributed by atoms with Crippen LogP contribution in [0.2, 0.25) is 0 Å². The van der Waals surface area contributed by atoms with Gasteiger partial charge in [0.2, 0.25) is 0 Å². The summed E-state index contributed by atoms with van der Waals surface area (Å²) in [6, 6.07) is 0. The lowest BCUT2D eigenvalue weighted by atomic mass is 10.1. The van der Waals surface area contributed by atoms with E-state index in [9.17, 15) is 24.3 Å². The van der Waals surface area contributed by atoms with Gasteiger partial charge in [0.15, 0.2) is 5.69 Å². The Kier molecular flexibility index (Phi) is 6.75. The third-order valence-electron chi connectivity index (χ3n) is 3.66. The largest absolute Gasteiger partial charge is 0.478 e. The standard InChI is InChI=1S/C18H21N3O7S/c1-6-27-18(26)13-9(4)11(17(25)28-8(2)3)15(29-13)19-14(22)12-10(16(23)24)7-21(5)20-12/h7-8H,6H2,1-5H3,(H,19,22)(H,23,24). The van der Waals surface area contributed by atoms with Crippen LogP contribution in [0.15, 0.2) is 6.20 Å². The lowest BCUT2D eigenvalue weighted by molar-refractivity contribution is 0.0378. The zero-order valence-electron chi connectivity index (χ0n) is 16.6. The van der Waals surface area contributed by atoms with Gasteiger partial charge in [0.05, 0.1) is 18.3 Å². The molecule has 0 saturated carbocycles. The van der Waals surface area contributed by atoms with E-state index >= 15 is 0 Å². The van der Waals surface area contributed by atoms with Gasteiger partial charge in [-0.25, -0.2) is 14.4 Å². The molecule has 0 saturated heterocycles. The second kappa shape index (κ2) is 8.86. The summed E-state index contributed by atoms with van der Waals surface area (Å²) in [7, 11) is 1.48. The Hall–Kier alpha value is -3.21. The SMILES string of the molecule is CCOC(=O)c1sc(NC(=O)c2nn(C)cc2C(=O)O)c(C(=O)OC(C)C)c1C. The van der Waals surface area contributed by atoms with Crippen molar-refractivity contribution in [1.82, 2.24) is 9.78 Å². The van der Waals surface area contributed by atoms with E-state index in [-0.39, 0.29) is 33.3 Å². The molecule has 0 aliphatic rings. The number of aromatic carboxylic acids is 1. The third kappa shape index (κ3) is 4.80. The van der Waals surface area contributed by atoms with Crippen LogP contribution in [0.25, 0.3) is 0 Å². The second-order valence-electron chi connectivity index (χ2n) is 6.26. The predicted molar refractivity (Wildman–Crippen MR) is 104 cm³/mol. The van der Waals surface area contributed by atoms with E-state index in [0.29, 0.717) is 5.56 Å². The Labute approximate surface area is 170 Å². The van der Waals surface area contributed by atoms with E-state index in [0.717, 1.165) is 11.3 Å². The lowest BCUT2D eigenvalue weighted by Gasteiger charge is -2.10.